The Kier molecular flexibility index (Phi) is 3.46. The monoisotopic (exact) mass is 189 g/mol. The molecule has 0 heterocycles. The van der Waals surface area contributed by atoms with E-state index in [0.29, 0.717) is 6.54 Å². The van der Waals surface area contributed by atoms with Crippen LogP contribution in [0, 0.1) is 6.92 Å². The predicted octanol–water partition coefficient (Wildman–Crippen LogP) is 2.14. The Bertz CT molecular complexity index is 344. The summed E-state index contributed by atoms with van der Waals surface area (Å²) in [5.41, 5.74) is 2.38. The highest BCUT2D eigenvalue weighted by atomic mass is 16.2. The van der Waals surface area contributed by atoms with Gasteiger partial charge in [-0.1, -0.05) is 30.8 Å². The highest BCUT2D eigenvalue weighted by Crippen LogP contribution is 2.09. The van der Waals surface area contributed by atoms with Gasteiger partial charge in [-0.05, 0) is 24.1 Å². The van der Waals surface area contributed by atoms with Crippen molar-refractivity contribution in [2.24, 2.45) is 0 Å². The predicted molar refractivity (Wildman–Crippen MR) is 57.9 cm³/mol. The normalized spacial score (nSPS) is 9.57. The summed E-state index contributed by atoms with van der Waals surface area (Å²) in [6, 6.07) is 8.05. The first-order valence-corrected chi connectivity index (χ1v) is 4.57. The number of carbonyl (C=O) groups is 1. The van der Waals surface area contributed by atoms with Crippen molar-refractivity contribution in [3.63, 3.8) is 0 Å². The Morgan fingerprint density at radius 2 is 2.14 bits per heavy atom. The van der Waals surface area contributed by atoms with Crippen molar-refractivity contribution in [2.75, 3.05) is 7.05 Å². The maximum absolute atomic E-state index is 11.2. The molecule has 0 aliphatic heterocycles. The van der Waals surface area contributed by atoms with Gasteiger partial charge in [0, 0.05) is 13.6 Å². The molecular formula is C12H15NO. The number of amides is 1. The van der Waals surface area contributed by atoms with Crippen molar-refractivity contribution in [1.29, 1.82) is 0 Å². The van der Waals surface area contributed by atoms with Crippen LogP contribution in [0.25, 0.3) is 0 Å². The van der Waals surface area contributed by atoms with Gasteiger partial charge < -0.3 is 4.90 Å². The van der Waals surface area contributed by atoms with E-state index >= 15 is 0 Å². The molecule has 2 nitrogen and oxygen atoms in total. The van der Waals surface area contributed by atoms with E-state index in [1.165, 1.54) is 17.2 Å². The smallest absolute Gasteiger partial charge is 0.245 e. The molecule has 0 fully saturated rings. The fourth-order valence-corrected chi connectivity index (χ4v) is 1.28. The summed E-state index contributed by atoms with van der Waals surface area (Å²) < 4.78 is 0. The average molecular weight is 189 g/mol. The molecule has 0 bridgehead atoms. The zero-order valence-corrected chi connectivity index (χ0v) is 8.66. The third kappa shape index (κ3) is 2.46. The van der Waals surface area contributed by atoms with Crippen LogP contribution in [0.1, 0.15) is 11.1 Å². The number of nitrogens with zero attached hydrogens (tertiary/aromatic N) is 1. The van der Waals surface area contributed by atoms with E-state index in [2.05, 4.69) is 6.58 Å². The van der Waals surface area contributed by atoms with Gasteiger partial charge in [-0.15, -0.1) is 0 Å². The van der Waals surface area contributed by atoms with E-state index in [0.717, 1.165) is 0 Å². The van der Waals surface area contributed by atoms with Crippen molar-refractivity contribution >= 4 is 5.91 Å². The molecule has 2 heteroatoms. The fourth-order valence-electron chi connectivity index (χ4n) is 1.28. The number of carbonyl (C=O) groups excluding carboxylic acids is 1. The second-order valence-electron chi connectivity index (χ2n) is 3.32. The first kappa shape index (κ1) is 10.5. The van der Waals surface area contributed by atoms with Crippen LogP contribution in [0.15, 0.2) is 36.9 Å². The van der Waals surface area contributed by atoms with Crippen molar-refractivity contribution < 1.29 is 4.79 Å². The number of aryl methyl sites for hydroxylation is 1. The second kappa shape index (κ2) is 4.61. The molecule has 1 rings (SSSR count). The van der Waals surface area contributed by atoms with Gasteiger partial charge in [-0.25, -0.2) is 0 Å². The molecule has 0 saturated heterocycles. The first-order valence-electron chi connectivity index (χ1n) is 4.57. The van der Waals surface area contributed by atoms with E-state index in [-0.39, 0.29) is 5.91 Å². The van der Waals surface area contributed by atoms with Crippen LogP contribution in [0.5, 0.6) is 0 Å². The number of hydrogen-bond donors (Lipinski definition) is 0. The molecule has 74 valence electrons. The minimum absolute atomic E-state index is 0.0479. The molecule has 0 aliphatic rings. The van der Waals surface area contributed by atoms with E-state index < -0.39 is 0 Å². The van der Waals surface area contributed by atoms with E-state index in [1.807, 2.05) is 31.2 Å². The van der Waals surface area contributed by atoms with Gasteiger partial charge in [0.25, 0.3) is 0 Å². The van der Waals surface area contributed by atoms with Crippen molar-refractivity contribution in [3.8, 4) is 0 Å². The summed E-state index contributed by atoms with van der Waals surface area (Å²) in [5.74, 6) is -0.0479. The number of benzene rings is 1. The Hall–Kier alpha value is -1.57. The van der Waals surface area contributed by atoms with Gasteiger partial charge in [0.15, 0.2) is 0 Å². The molecule has 1 aromatic carbocycles. The van der Waals surface area contributed by atoms with Crippen molar-refractivity contribution in [2.45, 2.75) is 13.5 Å². The molecule has 0 aromatic heterocycles. The lowest BCUT2D eigenvalue weighted by Crippen LogP contribution is -2.24. The van der Waals surface area contributed by atoms with Gasteiger partial charge >= 0.3 is 0 Å². The Morgan fingerprint density at radius 3 is 2.71 bits per heavy atom. The molecule has 0 unspecified atom stereocenters. The Morgan fingerprint density at radius 1 is 1.50 bits per heavy atom. The quantitative estimate of drug-likeness (QED) is 0.667. The number of rotatable bonds is 3. The zero-order chi connectivity index (χ0) is 10.6. The standard InChI is InChI=1S/C12H15NO/c1-4-12(14)13(3)9-11-8-6-5-7-10(11)2/h4-8H,1,9H2,2-3H3. The number of likely N-dealkylation sites (N-methyl/N-ethyl adjacent to an activating group) is 1. The lowest BCUT2D eigenvalue weighted by atomic mass is 10.1. The Balaban J connectivity index is 2.74. The van der Waals surface area contributed by atoms with Gasteiger partial charge in [0.1, 0.15) is 0 Å². The molecule has 1 aromatic rings. The molecule has 1 amide bonds. The second-order valence-corrected chi connectivity index (χ2v) is 3.32. The molecule has 0 atom stereocenters. The van der Waals surface area contributed by atoms with Crippen LogP contribution in [-0.4, -0.2) is 17.9 Å². The maximum atomic E-state index is 11.2. The molecular weight excluding hydrogens is 174 g/mol. The lowest BCUT2D eigenvalue weighted by Gasteiger charge is -2.16. The largest absolute Gasteiger partial charge is 0.338 e. The summed E-state index contributed by atoms with van der Waals surface area (Å²) >= 11 is 0. The SMILES string of the molecule is C=CC(=O)N(C)Cc1ccccc1C. The number of hydrogen-bond acceptors (Lipinski definition) is 1. The molecule has 0 spiro atoms. The van der Waals surface area contributed by atoms with E-state index in [1.54, 1.807) is 11.9 Å². The molecule has 0 N–H and O–H groups in total. The summed E-state index contributed by atoms with van der Waals surface area (Å²) in [4.78, 5) is 12.9. The summed E-state index contributed by atoms with van der Waals surface area (Å²) in [7, 11) is 1.77. The van der Waals surface area contributed by atoms with Crippen LogP contribution in [-0.2, 0) is 11.3 Å². The average Bonchev–Trinajstić information content (AvgIpc) is 2.20. The molecule has 0 radical (unpaired) electrons. The summed E-state index contributed by atoms with van der Waals surface area (Å²) in [6.07, 6.45) is 1.33. The maximum Gasteiger partial charge on any atom is 0.245 e. The third-order valence-corrected chi connectivity index (χ3v) is 2.22. The zero-order valence-electron chi connectivity index (χ0n) is 8.66. The lowest BCUT2D eigenvalue weighted by molar-refractivity contribution is -0.125. The minimum atomic E-state index is -0.0479. The molecule has 14 heavy (non-hydrogen) atoms. The van der Waals surface area contributed by atoms with Crippen LogP contribution in [0.2, 0.25) is 0 Å². The van der Waals surface area contributed by atoms with Crippen LogP contribution in [0.4, 0.5) is 0 Å². The third-order valence-electron chi connectivity index (χ3n) is 2.22. The van der Waals surface area contributed by atoms with Gasteiger partial charge in [-0.2, -0.15) is 0 Å². The Labute approximate surface area is 84.9 Å². The van der Waals surface area contributed by atoms with E-state index in [4.69, 9.17) is 0 Å². The van der Waals surface area contributed by atoms with Crippen molar-refractivity contribution in [1.82, 2.24) is 4.90 Å². The van der Waals surface area contributed by atoms with Gasteiger partial charge in [0.05, 0.1) is 0 Å². The highest BCUT2D eigenvalue weighted by molar-refractivity contribution is 5.86. The minimum Gasteiger partial charge on any atom is -0.338 e. The van der Waals surface area contributed by atoms with Gasteiger partial charge in [-0.3, -0.25) is 4.79 Å². The first-order chi connectivity index (χ1) is 6.65. The highest BCUT2D eigenvalue weighted by Gasteiger charge is 2.05. The van der Waals surface area contributed by atoms with Crippen LogP contribution in [0.3, 0.4) is 0 Å². The molecule has 0 aliphatic carbocycles. The van der Waals surface area contributed by atoms with Crippen molar-refractivity contribution in [3.05, 3.63) is 48.0 Å². The van der Waals surface area contributed by atoms with E-state index in [9.17, 15) is 4.79 Å². The molecule has 0 saturated carbocycles. The van der Waals surface area contributed by atoms with Crippen LogP contribution < -0.4 is 0 Å². The fraction of sp³-hybridized carbons (Fsp3) is 0.250. The van der Waals surface area contributed by atoms with Gasteiger partial charge in [0.2, 0.25) is 5.91 Å². The summed E-state index contributed by atoms with van der Waals surface area (Å²) in [6.45, 7) is 6.13. The summed E-state index contributed by atoms with van der Waals surface area (Å²) in [5, 5.41) is 0. The topological polar surface area (TPSA) is 20.3 Å². The van der Waals surface area contributed by atoms with Crippen LogP contribution >= 0.6 is 0 Å².